The van der Waals surface area contributed by atoms with Crippen molar-refractivity contribution < 1.29 is 14.3 Å². The standard InChI is InChI=1S/C12H17N3O3S.ClH/c1-7(16)9-6-14-12(19-9)15-11(17)10(13)8-2-4-18-5-3-8;/h6,8,10H,2-5,13H2,1H3,(H,14,15,17);1H. The molecule has 1 amide bonds. The van der Waals surface area contributed by atoms with Crippen molar-refractivity contribution in [2.75, 3.05) is 18.5 Å². The van der Waals surface area contributed by atoms with Crippen molar-refractivity contribution in [3.8, 4) is 0 Å². The molecule has 1 fully saturated rings. The topological polar surface area (TPSA) is 94.3 Å². The predicted molar refractivity (Wildman–Crippen MR) is 79.5 cm³/mol. The van der Waals surface area contributed by atoms with E-state index in [1.54, 1.807) is 0 Å². The van der Waals surface area contributed by atoms with Gasteiger partial charge >= 0.3 is 0 Å². The summed E-state index contributed by atoms with van der Waals surface area (Å²) >= 11 is 1.16. The molecule has 2 heterocycles. The van der Waals surface area contributed by atoms with E-state index in [1.165, 1.54) is 13.1 Å². The van der Waals surface area contributed by atoms with E-state index in [-0.39, 0.29) is 30.0 Å². The summed E-state index contributed by atoms with van der Waals surface area (Å²) < 4.78 is 5.24. The quantitative estimate of drug-likeness (QED) is 0.819. The number of anilines is 1. The molecule has 0 spiro atoms. The molecule has 20 heavy (non-hydrogen) atoms. The summed E-state index contributed by atoms with van der Waals surface area (Å²) in [6, 6.07) is -0.562. The lowest BCUT2D eigenvalue weighted by atomic mass is 9.92. The molecule has 0 aliphatic carbocycles. The molecule has 1 aliphatic heterocycles. The summed E-state index contributed by atoms with van der Waals surface area (Å²) in [6.07, 6.45) is 3.05. The van der Waals surface area contributed by atoms with Crippen LogP contribution >= 0.6 is 23.7 Å². The number of aromatic nitrogens is 1. The number of hydrogen-bond donors (Lipinski definition) is 2. The number of Topliss-reactive ketones (excluding diaryl/α,β-unsaturated/α-hetero) is 1. The van der Waals surface area contributed by atoms with E-state index in [9.17, 15) is 9.59 Å². The highest BCUT2D eigenvalue weighted by atomic mass is 35.5. The molecule has 2 rings (SSSR count). The molecule has 112 valence electrons. The molecule has 3 N–H and O–H groups in total. The van der Waals surface area contributed by atoms with E-state index in [2.05, 4.69) is 10.3 Å². The Labute approximate surface area is 127 Å². The molecule has 0 bridgehead atoms. The molecule has 0 saturated carbocycles. The summed E-state index contributed by atoms with van der Waals surface area (Å²) in [4.78, 5) is 27.7. The predicted octanol–water partition coefficient (Wildman–Crippen LogP) is 1.46. The van der Waals surface area contributed by atoms with Gasteiger partial charge in [0, 0.05) is 20.1 Å². The third-order valence-electron chi connectivity index (χ3n) is 3.16. The highest BCUT2D eigenvalue weighted by Crippen LogP contribution is 2.21. The van der Waals surface area contributed by atoms with E-state index >= 15 is 0 Å². The van der Waals surface area contributed by atoms with Crippen LogP contribution in [0.1, 0.15) is 29.4 Å². The van der Waals surface area contributed by atoms with Gasteiger partial charge in [0.25, 0.3) is 0 Å². The normalized spacial score (nSPS) is 17.1. The van der Waals surface area contributed by atoms with Crippen LogP contribution in [0, 0.1) is 5.92 Å². The third-order valence-corrected chi connectivity index (χ3v) is 4.17. The lowest BCUT2D eigenvalue weighted by molar-refractivity contribution is -0.119. The van der Waals surface area contributed by atoms with Gasteiger partial charge in [-0.05, 0) is 18.8 Å². The van der Waals surface area contributed by atoms with Crippen molar-refractivity contribution in [2.24, 2.45) is 11.7 Å². The molecule has 8 heteroatoms. The Morgan fingerprint density at radius 3 is 2.70 bits per heavy atom. The average Bonchev–Trinajstić information content (AvgIpc) is 2.87. The van der Waals surface area contributed by atoms with Crippen LogP contribution in [0.4, 0.5) is 5.13 Å². The van der Waals surface area contributed by atoms with Gasteiger partial charge in [0.1, 0.15) is 0 Å². The van der Waals surface area contributed by atoms with Crippen LogP contribution in [0.3, 0.4) is 0 Å². The van der Waals surface area contributed by atoms with Crippen LogP contribution in [0.15, 0.2) is 6.20 Å². The zero-order chi connectivity index (χ0) is 13.8. The van der Waals surface area contributed by atoms with Crippen molar-refractivity contribution in [2.45, 2.75) is 25.8 Å². The molecular formula is C12H18ClN3O3S. The average molecular weight is 320 g/mol. The Bertz CT molecular complexity index is 474. The number of hydrogen-bond acceptors (Lipinski definition) is 6. The van der Waals surface area contributed by atoms with Gasteiger partial charge in [-0.25, -0.2) is 4.98 Å². The van der Waals surface area contributed by atoms with Gasteiger partial charge in [0.15, 0.2) is 10.9 Å². The number of nitrogens with zero attached hydrogens (tertiary/aromatic N) is 1. The van der Waals surface area contributed by atoms with Gasteiger partial charge in [-0.3, -0.25) is 9.59 Å². The molecule has 0 radical (unpaired) electrons. The van der Waals surface area contributed by atoms with E-state index < -0.39 is 6.04 Å². The summed E-state index contributed by atoms with van der Waals surface area (Å²) in [5, 5.41) is 3.08. The van der Waals surface area contributed by atoms with Gasteiger partial charge < -0.3 is 15.8 Å². The fraction of sp³-hybridized carbons (Fsp3) is 0.583. The van der Waals surface area contributed by atoms with Gasteiger partial charge in [0.05, 0.1) is 17.1 Å². The van der Waals surface area contributed by atoms with Crippen LogP contribution < -0.4 is 11.1 Å². The third kappa shape index (κ3) is 4.24. The number of ether oxygens (including phenoxy) is 1. The molecular weight excluding hydrogens is 302 g/mol. The van der Waals surface area contributed by atoms with Crippen LogP contribution in [0.2, 0.25) is 0 Å². The van der Waals surface area contributed by atoms with E-state index in [1.807, 2.05) is 0 Å². The summed E-state index contributed by atoms with van der Waals surface area (Å²) in [7, 11) is 0. The number of carbonyl (C=O) groups excluding carboxylic acids is 2. The largest absolute Gasteiger partial charge is 0.381 e. The van der Waals surface area contributed by atoms with Crippen molar-refractivity contribution in [3.63, 3.8) is 0 Å². The Balaban J connectivity index is 0.00000200. The minimum absolute atomic E-state index is 0. The van der Waals surface area contributed by atoms with Gasteiger partial charge in [-0.15, -0.1) is 12.4 Å². The van der Waals surface area contributed by atoms with E-state index in [0.29, 0.717) is 23.2 Å². The SMILES string of the molecule is CC(=O)c1cnc(NC(=O)C(N)C2CCOCC2)s1.Cl. The van der Waals surface area contributed by atoms with E-state index in [0.717, 1.165) is 24.2 Å². The Hall–Kier alpha value is -1.02. The summed E-state index contributed by atoms with van der Waals surface area (Å²) in [5.74, 6) is -0.177. The maximum atomic E-state index is 12.0. The molecule has 1 unspecified atom stereocenters. The van der Waals surface area contributed by atoms with Crippen molar-refractivity contribution in [1.29, 1.82) is 0 Å². The molecule has 0 aromatic carbocycles. The maximum absolute atomic E-state index is 12.0. The first-order valence-electron chi connectivity index (χ1n) is 6.19. The second kappa shape index (κ2) is 7.68. The molecule has 1 aliphatic rings. The minimum Gasteiger partial charge on any atom is -0.381 e. The number of rotatable bonds is 4. The number of thiazole rings is 1. The van der Waals surface area contributed by atoms with Crippen LogP contribution in [-0.4, -0.2) is 35.9 Å². The summed E-state index contributed by atoms with van der Waals surface area (Å²) in [5.41, 5.74) is 5.95. The number of halogens is 1. The van der Waals surface area contributed by atoms with Crippen molar-refractivity contribution in [1.82, 2.24) is 4.98 Å². The van der Waals surface area contributed by atoms with Gasteiger partial charge in [-0.1, -0.05) is 11.3 Å². The fourth-order valence-corrected chi connectivity index (χ4v) is 2.69. The lowest BCUT2D eigenvalue weighted by Crippen LogP contribution is -2.43. The first kappa shape index (κ1) is 17.0. The van der Waals surface area contributed by atoms with Gasteiger partial charge in [0.2, 0.25) is 5.91 Å². The van der Waals surface area contributed by atoms with Crippen molar-refractivity contribution in [3.05, 3.63) is 11.1 Å². The first-order chi connectivity index (χ1) is 9.08. The number of nitrogens with one attached hydrogen (secondary N) is 1. The second-order valence-corrected chi connectivity index (χ2v) is 5.58. The Morgan fingerprint density at radius 1 is 1.50 bits per heavy atom. The first-order valence-corrected chi connectivity index (χ1v) is 7.00. The van der Waals surface area contributed by atoms with E-state index in [4.69, 9.17) is 10.5 Å². The number of carbonyl (C=O) groups is 2. The summed E-state index contributed by atoms with van der Waals surface area (Å²) in [6.45, 7) is 2.77. The fourth-order valence-electron chi connectivity index (χ4n) is 1.97. The van der Waals surface area contributed by atoms with Crippen LogP contribution in [-0.2, 0) is 9.53 Å². The molecule has 6 nitrogen and oxygen atoms in total. The maximum Gasteiger partial charge on any atom is 0.243 e. The number of amides is 1. The molecule has 1 aromatic heterocycles. The molecule has 1 saturated heterocycles. The second-order valence-electron chi connectivity index (χ2n) is 4.55. The van der Waals surface area contributed by atoms with Crippen LogP contribution in [0.25, 0.3) is 0 Å². The highest BCUT2D eigenvalue weighted by molar-refractivity contribution is 7.17. The smallest absolute Gasteiger partial charge is 0.243 e. The molecule has 1 atom stereocenters. The lowest BCUT2D eigenvalue weighted by Gasteiger charge is -2.26. The molecule has 1 aromatic rings. The van der Waals surface area contributed by atoms with Crippen molar-refractivity contribution >= 4 is 40.6 Å². The zero-order valence-electron chi connectivity index (χ0n) is 11.1. The zero-order valence-corrected chi connectivity index (χ0v) is 12.8. The number of nitrogens with two attached hydrogens (primary N) is 1. The van der Waals surface area contributed by atoms with Crippen LogP contribution in [0.5, 0.6) is 0 Å². The Kier molecular flexibility index (Phi) is 6.54. The minimum atomic E-state index is -0.562. The number of ketones is 1. The Morgan fingerprint density at radius 2 is 2.15 bits per heavy atom. The monoisotopic (exact) mass is 319 g/mol. The van der Waals surface area contributed by atoms with Gasteiger partial charge in [-0.2, -0.15) is 0 Å². The highest BCUT2D eigenvalue weighted by Gasteiger charge is 2.27.